The van der Waals surface area contributed by atoms with Crippen LogP contribution in [-0.4, -0.2) is 13.7 Å². The normalized spacial score (nSPS) is 9.27. The largest absolute Gasteiger partial charge is 0.497 e. The summed E-state index contributed by atoms with van der Waals surface area (Å²) in [7, 11) is 1.62. The molecule has 0 aromatic heterocycles. The summed E-state index contributed by atoms with van der Waals surface area (Å²) < 4.78 is 5.09. The minimum atomic E-state index is 0.649. The quantitative estimate of drug-likeness (QED) is 0.631. The maximum Gasteiger partial charge on any atom is 0.120 e. The van der Waals surface area contributed by atoms with Crippen molar-refractivity contribution in [3.63, 3.8) is 0 Å². The van der Waals surface area contributed by atoms with E-state index >= 15 is 0 Å². The van der Waals surface area contributed by atoms with Crippen molar-refractivity contribution < 1.29 is 4.74 Å². The summed E-state index contributed by atoms with van der Waals surface area (Å²) >= 11 is 5.98. The third kappa shape index (κ3) is 3.83. The first-order valence-corrected chi connectivity index (χ1v) is 5.18. The molecule has 0 bridgehead atoms. The zero-order chi connectivity index (χ0) is 11.1. The molecule has 0 saturated heterocycles. The lowest BCUT2D eigenvalue weighted by molar-refractivity contribution is 0.414. The molecule has 1 aromatic carbocycles. The molecule has 2 nitrogen and oxygen atoms in total. The van der Waals surface area contributed by atoms with Crippen LogP contribution < -0.4 is 10.5 Å². The molecule has 0 amide bonds. The summed E-state index contributed by atoms with van der Waals surface area (Å²) in [5.41, 5.74) is 6.17. The van der Waals surface area contributed by atoms with Gasteiger partial charge in [-0.2, -0.15) is 0 Å². The van der Waals surface area contributed by atoms with Crippen molar-refractivity contribution in [2.45, 2.75) is 12.8 Å². The predicted octanol–water partition coefficient (Wildman–Crippen LogP) is 2.44. The van der Waals surface area contributed by atoms with Crippen molar-refractivity contribution >= 4 is 11.6 Å². The molecule has 0 unspecified atom stereocenters. The second kappa shape index (κ2) is 6.34. The van der Waals surface area contributed by atoms with Gasteiger partial charge in [0.05, 0.1) is 12.1 Å². The molecule has 0 aliphatic rings. The van der Waals surface area contributed by atoms with Gasteiger partial charge in [0.25, 0.3) is 0 Å². The van der Waals surface area contributed by atoms with Gasteiger partial charge < -0.3 is 10.5 Å². The summed E-state index contributed by atoms with van der Waals surface area (Å²) in [6.45, 7) is 0.667. The molecule has 2 N–H and O–H groups in total. The minimum absolute atomic E-state index is 0.649. The third-order valence-electron chi connectivity index (χ3n) is 1.90. The second-order valence-electron chi connectivity index (χ2n) is 3.04. The average molecular weight is 224 g/mol. The molecule has 0 radical (unpaired) electrons. The number of hydrogen-bond donors (Lipinski definition) is 1. The highest BCUT2D eigenvalue weighted by molar-refractivity contribution is 6.31. The van der Waals surface area contributed by atoms with Gasteiger partial charge in [-0.25, -0.2) is 0 Å². The van der Waals surface area contributed by atoms with Crippen LogP contribution in [0, 0.1) is 11.8 Å². The first-order chi connectivity index (χ1) is 7.27. The molecule has 0 atom stereocenters. The van der Waals surface area contributed by atoms with Crippen molar-refractivity contribution in [2.75, 3.05) is 13.7 Å². The monoisotopic (exact) mass is 223 g/mol. The molecule has 1 aromatic rings. The van der Waals surface area contributed by atoms with E-state index in [1.165, 1.54) is 0 Å². The molecule has 0 aliphatic heterocycles. The van der Waals surface area contributed by atoms with E-state index in [1.54, 1.807) is 13.2 Å². The third-order valence-corrected chi connectivity index (χ3v) is 2.23. The summed E-state index contributed by atoms with van der Waals surface area (Å²) in [5.74, 6) is 6.80. The number of halogens is 1. The Bertz CT molecular complexity index is 379. The molecule has 0 spiro atoms. The van der Waals surface area contributed by atoms with Crippen LogP contribution >= 0.6 is 11.6 Å². The Morgan fingerprint density at radius 2 is 2.27 bits per heavy atom. The maximum absolute atomic E-state index is 5.98. The van der Waals surface area contributed by atoms with Crippen molar-refractivity contribution in [3.8, 4) is 17.6 Å². The van der Waals surface area contributed by atoms with E-state index in [9.17, 15) is 0 Å². The number of ether oxygens (including phenoxy) is 1. The van der Waals surface area contributed by atoms with Gasteiger partial charge in [-0.3, -0.25) is 0 Å². The highest BCUT2D eigenvalue weighted by atomic mass is 35.5. The lowest BCUT2D eigenvalue weighted by Gasteiger charge is -2.01. The van der Waals surface area contributed by atoms with Gasteiger partial charge in [0, 0.05) is 12.0 Å². The number of methoxy groups -OCH3 is 1. The fourth-order valence-corrected chi connectivity index (χ4v) is 1.24. The minimum Gasteiger partial charge on any atom is -0.497 e. The molecule has 0 fully saturated rings. The summed E-state index contributed by atoms with van der Waals surface area (Å²) in [6, 6.07) is 5.43. The lowest BCUT2D eigenvalue weighted by atomic mass is 10.2. The first kappa shape index (κ1) is 11.9. The van der Waals surface area contributed by atoms with Gasteiger partial charge in [-0.05, 0) is 31.2 Å². The van der Waals surface area contributed by atoms with Gasteiger partial charge in [0.2, 0.25) is 0 Å². The van der Waals surface area contributed by atoms with Crippen LogP contribution in [-0.2, 0) is 0 Å². The molecule has 0 aliphatic carbocycles. The van der Waals surface area contributed by atoms with E-state index in [0.29, 0.717) is 11.6 Å². The van der Waals surface area contributed by atoms with Crippen molar-refractivity contribution in [2.24, 2.45) is 5.73 Å². The molecular formula is C12H14ClNO. The zero-order valence-electron chi connectivity index (χ0n) is 8.72. The Balaban J connectivity index is 2.77. The molecular weight excluding hydrogens is 210 g/mol. The Hall–Kier alpha value is -1.17. The average Bonchev–Trinajstić information content (AvgIpc) is 2.26. The van der Waals surface area contributed by atoms with Crippen LogP contribution in [0.15, 0.2) is 18.2 Å². The van der Waals surface area contributed by atoms with E-state index in [1.807, 2.05) is 12.1 Å². The number of benzene rings is 1. The Labute approximate surface area is 95.4 Å². The van der Waals surface area contributed by atoms with E-state index in [-0.39, 0.29) is 0 Å². The van der Waals surface area contributed by atoms with Crippen molar-refractivity contribution in [3.05, 3.63) is 28.8 Å². The number of hydrogen-bond acceptors (Lipinski definition) is 2. The molecule has 0 heterocycles. The number of rotatable bonds is 3. The number of nitrogens with two attached hydrogens (primary N) is 1. The SMILES string of the molecule is COc1ccc(Cl)c(C#CCCCN)c1. The Kier molecular flexibility index (Phi) is 5.03. The van der Waals surface area contributed by atoms with Gasteiger partial charge in [0.1, 0.15) is 5.75 Å². The van der Waals surface area contributed by atoms with Crippen LogP contribution in [0.5, 0.6) is 5.75 Å². The summed E-state index contributed by atoms with van der Waals surface area (Å²) in [4.78, 5) is 0. The molecule has 3 heteroatoms. The van der Waals surface area contributed by atoms with Gasteiger partial charge in [0.15, 0.2) is 0 Å². The van der Waals surface area contributed by atoms with E-state index in [0.717, 1.165) is 24.2 Å². The zero-order valence-corrected chi connectivity index (χ0v) is 9.47. The van der Waals surface area contributed by atoms with Crippen LogP contribution in [0.25, 0.3) is 0 Å². The fraction of sp³-hybridized carbons (Fsp3) is 0.333. The van der Waals surface area contributed by atoms with Crippen LogP contribution in [0.2, 0.25) is 5.02 Å². The van der Waals surface area contributed by atoms with Crippen LogP contribution in [0.3, 0.4) is 0 Å². The predicted molar refractivity (Wildman–Crippen MR) is 63.2 cm³/mol. The smallest absolute Gasteiger partial charge is 0.120 e. The van der Waals surface area contributed by atoms with Gasteiger partial charge >= 0.3 is 0 Å². The van der Waals surface area contributed by atoms with Crippen LogP contribution in [0.1, 0.15) is 18.4 Å². The van der Waals surface area contributed by atoms with E-state index < -0.39 is 0 Å². The topological polar surface area (TPSA) is 35.2 Å². The maximum atomic E-state index is 5.98. The molecule has 15 heavy (non-hydrogen) atoms. The molecule has 1 rings (SSSR count). The van der Waals surface area contributed by atoms with Crippen LogP contribution in [0.4, 0.5) is 0 Å². The van der Waals surface area contributed by atoms with Crippen molar-refractivity contribution in [1.29, 1.82) is 0 Å². The highest BCUT2D eigenvalue weighted by Crippen LogP contribution is 2.20. The Morgan fingerprint density at radius 1 is 1.47 bits per heavy atom. The van der Waals surface area contributed by atoms with Gasteiger partial charge in [-0.1, -0.05) is 23.4 Å². The first-order valence-electron chi connectivity index (χ1n) is 4.80. The lowest BCUT2D eigenvalue weighted by Crippen LogP contribution is -1.96. The fourth-order valence-electron chi connectivity index (χ4n) is 1.08. The van der Waals surface area contributed by atoms with Crippen molar-refractivity contribution in [1.82, 2.24) is 0 Å². The molecule has 0 saturated carbocycles. The van der Waals surface area contributed by atoms with E-state index in [4.69, 9.17) is 22.1 Å². The highest BCUT2D eigenvalue weighted by Gasteiger charge is 1.98. The Morgan fingerprint density at radius 3 is 2.93 bits per heavy atom. The standard InChI is InChI=1S/C12H14ClNO/c1-15-11-6-7-12(13)10(9-11)5-3-2-4-8-14/h6-7,9H,2,4,8,14H2,1H3. The second-order valence-corrected chi connectivity index (χ2v) is 3.45. The summed E-state index contributed by atoms with van der Waals surface area (Å²) in [5, 5.41) is 0.649. The van der Waals surface area contributed by atoms with Gasteiger partial charge in [-0.15, -0.1) is 0 Å². The number of unbranched alkanes of at least 4 members (excludes halogenated alkanes) is 1. The molecule has 80 valence electrons. The summed E-state index contributed by atoms with van der Waals surface area (Å²) in [6.07, 6.45) is 1.71. The van der Waals surface area contributed by atoms with E-state index in [2.05, 4.69) is 11.8 Å².